The van der Waals surface area contributed by atoms with E-state index in [1.807, 2.05) is 6.92 Å². The Labute approximate surface area is 130 Å². The molecule has 8 heteroatoms. The second kappa shape index (κ2) is 7.26. The highest BCUT2D eigenvalue weighted by atomic mass is 32.2. The van der Waals surface area contributed by atoms with E-state index in [2.05, 4.69) is 14.7 Å². The number of nitrogen functional groups attached to an aromatic ring is 1. The van der Waals surface area contributed by atoms with Crippen molar-refractivity contribution in [3.05, 3.63) is 35.5 Å². The number of hydrogen-bond donors (Lipinski definition) is 1. The van der Waals surface area contributed by atoms with E-state index < -0.39 is 6.61 Å². The predicted octanol–water partition coefficient (Wildman–Crippen LogP) is 3.27. The molecule has 5 nitrogen and oxygen atoms in total. The summed E-state index contributed by atoms with van der Waals surface area (Å²) in [4.78, 5) is 8.39. The Kier molecular flexibility index (Phi) is 5.37. The van der Waals surface area contributed by atoms with Crippen molar-refractivity contribution in [2.24, 2.45) is 0 Å². The van der Waals surface area contributed by atoms with Crippen molar-refractivity contribution in [1.82, 2.24) is 9.97 Å². The average molecular weight is 327 g/mol. The van der Waals surface area contributed by atoms with Crippen molar-refractivity contribution in [2.75, 3.05) is 12.8 Å². The van der Waals surface area contributed by atoms with Gasteiger partial charge in [0.1, 0.15) is 5.82 Å². The smallest absolute Gasteiger partial charge is 0.387 e. The van der Waals surface area contributed by atoms with Gasteiger partial charge < -0.3 is 15.2 Å². The number of ether oxygens (including phenoxy) is 2. The maximum absolute atomic E-state index is 12.3. The lowest BCUT2D eigenvalue weighted by molar-refractivity contribution is -0.0512. The summed E-state index contributed by atoms with van der Waals surface area (Å²) in [6.45, 7) is -1.06. The molecular formula is C14H15F2N3O2S. The number of alkyl halides is 2. The molecular weight excluding hydrogens is 312 g/mol. The van der Waals surface area contributed by atoms with Crippen LogP contribution in [0, 0.1) is 6.92 Å². The van der Waals surface area contributed by atoms with Crippen LogP contribution in [-0.4, -0.2) is 23.7 Å². The van der Waals surface area contributed by atoms with Crippen molar-refractivity contribution in [2.45, 2.75) is 24.4 Å². The fourth-order valence-electron chi connectivity index (χ4n) is 1.77. The Morgan fingerprint density at radius 1 is 1.23 bits per heavy atom. The third-order valence-corrected chi connectivity index (χ3v) is 3.58. The van der Waals surface area contributed by atoms with Crippen LogP contribution in [0.4, 0.5) is 14.6 Å². The molecule has 1 aromatic carbocycles. The molecule has 0 aliphatic heterocycles. The van der Waals surface area contributed by atoms with Gasteiger partial charge in [0.2, 0.25) is 0 Å². The Balaban J connectivity index is 2.09. The summed E-state index contributed by atoms with van der Waals surface area (Å²) in [7, 11) is 1.40. The Hall–Kier alpha value is -2.09. The van der Waals surface area contributed by atoms with Gasteiger partial charge in [0.05, 0.1) is 7.11 Å². The summed E-state index contributed by atoms with van der Waals surface area (Å²) in [5.41, 5.74) is 7.32. The molecule has 0 saturated carbocycles. The standard InChI is InChI=1S/C14H15F2N3O2S/c1-8-5-12(17)19-14(18-8)22-7-9-3-4-10(21-13(15)16)11(6-9)20-2/h3-6,13H,7H2,1-2H3,(H2,17,18,19). The summed E-state index contributed by atoms with van der Waals surface area (Å²) in [6, 6.07) is 6.46. The molecule has 0 saturated heterocycles. The van der Waals surface area contributed by atoms with Crippen molar-refractivity contribution < 1.29 is 18.3 Å². The second-order valence-corrected chi connectivity index (χ2v) is 5.31. The van der Waals surface area contributed by atoms with Crippen molar-refractivity contribution in [1.29, 1.82) is 0 Å². The Morgan fingerprint density at radius 2 is 2.00 bits per heavy atom. The zero-order valence-electron chi connectivity index (χ0n) is 12.0. The topological polar surface area (TPSA) is 70.3 Å². The van der Waals surface area contributed by atoms with E-state index in [4.69, 9.17) is 10.5 Å². The monoisotopic (exact) mass is 327 g/mol. The van der Waals surface area contributed by atoms with Gasteiger partial charge in [-0.1, -0.05) is 17.8 Å². The SMILES string of the molecule is COc1cc(CSc2nc(C)cc(N)n2)ccc1OC(F)F. The number of aryl methyl sites for hydroxylation is 1. The number of methoxy groups -OCH3 is 1. The highest BCUT2D eigenvalue weighted by Crippen LogP contribution is 2.31. The molecule has 2 N–H and O–H groups in total. The zero-order valence-corrected chi connectivity index (χ0v) is 12.9. The van der Waals surface area contributed by atoms with Crippen LogP contribution in [0.1, 0.15) is 11.3 Å². The minimum Gasteiger partial charge on any atom is -0.493 e. The molecule has 1 aromatic heterocycles. The van der Waals surface area contributed by atoms with Gasteiger partial charge >= 0.3 is 6.61 Å². The molecule has 0 fully saturated rings. The fourth-order valence-corrected chi connectivity index (χ4v) is 2.63. The molecule has 0 radical (unpaired) electrons. The van der Waals surface area contributed by atoms with Crippen LogP contribution in [0.2, 0.25) is 0 Å². The van der Waals surface area contributed by atoms with Gasteiger partial charge in [-0.15, -0.1) is 0 Å². The average Bonchev–Trinajstić information content (AvgIpc) is 2.44. The van der Waals surface area contributed by atoms with Crippen LogP contribution < -0.4 is 15.2 Å². The predicted molar refractivity (Wildman–Crippen MR) is 80.4 cm³/mol. The summed E-state index contributed by atoms with van der Waals surface area (Å²) < 4.78 is 34.0. The van der Waals surface area contributed by atoms with E-state index in [1.165, 1.54) is 24.9 Å². The highest BCUT2D eigenvalue weighted by Gasteiger charge is 2.11. The molecule has 0 aliphatic rings. The first-order valence-electron chi connectivity index (χ1n) is 6.33. The third-order valence-electron chi connectivity index (χ3n) is 2.67. The maximum atomic E-state index is 12.3. The summed E-state index contributed by atoms with van der Waals surface area (Å²) >= 11 is 1.39. The van der Waals surface area contributed by atoms with E-state index in [0.29, 0.717) is 16.7 Å². The molecule has 0 spiro atoms. The number of benzene rings is 1. The number of nitrogens with zero attached hydrogens (tertiary/aromatic N) is 2. The molecule has 2 aromatic rings. The highest BCUT2D eigenvalue weighted by molar-refractivity contribution is 7.98. The molecule has 0 atom stereocenters. The van der Waals surface area contributed by atoms with Gasteiger partial charge in [-0.3, -0.25) is 0 Å². The zero-order chi connectivity index (χ0) is 16.1. The number of halogens is 2. The quantitative estimate of drug-likeness (QED) is 0.648. The molecule has 0 amide bonds. The number of anilines is 1. The van der Waals surface area contributed by atoms with E-state index in [0.717, 1.165) is 11.3 Å². The van der Waals surface area contributed by atoms with E-state index in [9.17, 15) is 8.78 Å². The molecule has 0 bridgehead atoms. The molecule has 118 valence electrons. The minimum absolute atomic E-state index is 0.00213. The van der Waals surface area contributed by atoms with Gasteiger partial charge in [0, 0.05) is 17.5 Å². The van der Waals surface area contributed by atoms with Gasteiger partial charge in [-0.25, -0.2) is 9.97 Å². The first-order chi connectivity index (χ1) is 10.5. The largest absolute Gasteiger partial charge is 0.493 e. The first kappa shape index (κ1) is 16.3. The Bertz CT molecular complexity index is 636. The van der Waals surface area contributed by atoms with E-state index >= 15 is 0 Å². The molecule has 0 unspecified atom stereocenters. The van der Waals surface area contributed by atoms with Crippen LogP contribution in [-0.2, 0) is 5.75 Å². The number of thioether (sulfide) groups is 1. The number of aromatic nitrogens is 2. The van der Waals surface area contributed by atoms with Crippen LogP contribution in [0.25, 0.3) is 0 Å². The summed E-state index contributed by atoms with van der Waals surface area (Å²) in [5.74, 6) is 1.22. The van der Waals surface area contributed by atoms with Crippen molar-refractivity contribution in [3.8, 4) is 11.5 Å². The van der Waals surface area contributed by atoms with Crippen LogP contribution >= 0.6 is 11.8 Å². The lowest BCUT2D eigenvalue weighted by Gasteiger charge is -2.11. The molecule has 2 rings (SSSR count). The van der Waals surface area contributed by atoms with Crippen molar-refractivity contribution >= 4 is 17.6 Å². The lowest BCUT2D eigenvalue weighted by Crippen LogP contribution is -2.03. The van der Waals surface area contributed by atoms with Gasteiger partial charge in [0.15, 0.2) is 16.7 Å². The summed E-state index contributed by atoms with van der Waals surface area (Å²) in [6.07, 6.45) is 0. The number of nitrogens with two attached hydrogens (primary N) is 1. The van der Waals surface area contributed by atoms with Crippen LogP contribution in [0.3, 0.4) is 0 Å². The number of rotatable bonds is 6. The molecule has 1 heterocycles. The second-order valence-electron chi connectivity index (χ2n) is 4.37. The third kappa shape index (κ3) is 4.45. The first-order valence-corrected chi connectivity index (χ1v) is 7.32. The lowest BCUT2D eigenvalue weighted by atomic mass is 10.2. The van der Waals surface area contributed by atoms with Crippen LogP contribution in [0.15, 0.2) is 29.4 Å². The van der Waals surface area contributed by atoms with E-state index in [1.54, 1.807) is 18.2 Å². The molecule has 22 heavy (non-hydrogen) atoms. The summed E-state index contributed by atoms with van der Waals surface area (Å²) in [5, 5.41) is 0.560. The Morgan fingerprint density at radius 3 is 2.64 bits per heavy atom. The maximum Gasteiger partial charge on any atom is 0.387 e. The van der Waals surface area contributed by atoms with Gasteiger partial charge in [-0.2, -0.15) is 8.78 Å². The van der Waals surface area contributed by atoms with Crippen molar-refractivity contribution in [3.63, 3.8) is 0 Å². The van der Waals surface area contributed by atoms with E-state index in [-0.39, 0.29) is 11.5 Å². The van der Waals surface area contributed by atoms with Crippen LogP contribution in [0.5, 0.6) is 11.5 Å². The van der Waals surface area contributed by atoms with Gasteiger partial charge in [0.25, 0.3) is 0 Å². The van der Waals surface area contributed by atoms with Gasteiger partial charge in [-0.05, 0) is 24.6 Å². The normalized spacial score (nSPS) is 10.8. The molecule has 0 aliphatic carbocycles. The fraction of sp³-hybridized carbons (Fsp3) is 0.286. The number of hydrogen-bond acceptors (Lipinski definition) is 6. The minimum atomic E-state index is -2.89.